The molecule has 7 heteroatoms. The zero-order valence-corrected chi connectivity index (χ0v) is 15.3. The lowest BCUT2D eigenvalue weighted by Gasteiger charge is -2.09. The normalized spacial score (nSPS) is 10.9. The van der Waals surface area contributed by atoms with Crippen LogP contribution in [0.15, 0.2) is 55.1 Å². The fourth-order valence-electron chi connectivity index (χ4n) is 2.97. The first-order chi connectivity index (χ1) is 13.0. The van der Waals surface area contributed by atoms with E-state index in [1.165, 1.54) is 0 Å². The summed E-state index contributed by atoms with van der Waals surface area (Å²) in [5.41, 5.74) is 4.78. The number of carbonyl (C=O) groups is 1. The van der Waals surface area contributed by atoms with Crippen LogP contribution in [0.1, 0.15) is 15.9 Å². The van der Waals surface area contributed by atoms with E-state index in [2.05, 4.69) is 15.5 Å². The summed E-state index contributed by atoms with van der Waals surface area (Å²) in [6.45, 7) is 2.00. The Morgan fingerprint density at radius 2 is 1.85 bits per heavy atom. The molecular weight excluding hydrogens is 342 g/mol. The third-order valence-electron chi connectivity index (χ3n) is 4.39. The SMILES string of the molecule is COc1cc(-c2cnn(C)c2)cn2ncc(C(=O)Nc3ccc(C)cc3)c12. The molecule has 4 rings (SSSR count). The minimum absolute atomic E-state index is 0.235. The number of aromatic nitrogens is 4. The summed E-state index contributed by atoms with van der Waals surface area (Å²) in [7, 11) is 3.44. The van der Waals surface area contributed by atoms with Gasteiger partial charge in [-0.15, -0.1) is 0 Å². The fraction of sp³-hybridized carbons (Fsp3) is 0.150. The number of ether oxygens (including phenoxy) is 1. The molecule has 0 atom stereocenters. The number of nitrogens with one attached hydrogen (secondary N) is 1. The second kappa shape index (κ2) is 6.60. The average molecular weight is 361 g/mol. The summed E-state index contributed by atoms with van der Waals surface area (Å²) in [4.78, 5) is 12.8. The van der Waals surface area contributed by atoms with Gasteiger partial charge in [0.25, 0.3) is 5.91 Å². The van der Waals surface area contributed by atoms with Gasteiger partial charge in [0.2, 0.25) is 0 Å². The molecule has 1 aromatic carbocycles. The number of fused-ring (bicyclic) bond motifs is 1. The minimum atomic E-state index is -0.235. The van der Waals surface area contributed by atoms with E-state index in [4.69, 9.17) is 4.74 Å². The van der Waals surface area contributed by atoms with Gasteiger partial charge in [0.1, 0.15) is 11.3 Å². The molecule has 0 aliphatic rings. The van der Waals surface area contributed by atoms with Crippen molar-refractivity contribution in [1.29, 1.82) is 0 Å². The number of nitrogens with zero attached hydrogens (tertiary/aromatic N) is 4. The van der Waals surface area contributed by atoms with Gasteiger partial charge in [-0.3, -0.25) is 9.48 Å². The first-order valence-electron chi connectivity index (χ1n) is 8.47. The van der Waals surface area contributed by atoms with E-state index >= 15 is 0 Å². The molecule has 1 amide bonds. The molecule has 1 N–H and O–H groups in total. The number of hydrogen-bond acceptors (Lipinski definition) is 4. The Hall–Kier alpha value is -3.61. The van der Waals surface area contributed by atoms with Crippen LogP contribution in [-0.2, 0) is 7.05 Å². The first-order valence-corrected chi connectivity index (χ1v) is 8.47. The molecule has 3 heterocycles. The van der Waals surface area contributed by atoms with E-state index in [0.29, 0.717) is 16.8 Å². The van der Waals surface area contributed by atoms with Crippen molar-refractivity contribution in [2.45, 2.75) is 6.92 Å². The predicted octanol–water partition coefficient (Wildman–Crippen LogP) is 3.30. The Balaban J connectivity index is 1.73. The number of anilines is 1. The molecule has 0 fully saturated rings. The van der Waals surface area contributed by atoms with Crippen LogP contribution in [0.25, 0.3) is 16.6 Å². The van der Waals surface area contributed by atoms with E-state index in [9.17, 15) is 4.79 Å². The number of hydrogen-bond donors (Lipinski definition) is 1. The molecule has 0 radical (unpaired) electrons. The molecule has 0 saturated heterocycles. The molecule has 27 heavy (non-hydrogen) atoms. The standard InChI is InChI=1S/C20H19N5O2/c1-13-4-6-16(7-5-13)23-20(26)17-10-22-25-12-14(8-18(27-3)19(17)25)15-9-21-24(2)11-15/h4-12H,1-3H3,(H,23,26). The van der Waals surface area contributed by atoms with Gasteiger partial charge in [-0.25, -0.2) is 4.52 Å². The van der Waals surface area contributed by atoms with E-state index < -0.39 is 0 Å². The van der Waals surface area contributed by atoms with Crippen molar-refractivity contribution in [1.82, 2.24) is 19.4 Å². The first kappa shape index (κ1) is 16.8. The van der Waals surface area contributed by atoms with Crippen molar-refractivity contribution in [3.8, 4) is 16.9 Å². The van der Waals surface area contributed by atoms with Crippen LogP contribution >= 0.6 is 0 Å². The third-order valence-corrected chi connectivity index (χ3v) is 4.39. The van der Waals surface area contributed by atoms with E-state index in [-0.39, 0.29) is 5.91 Å². The highest BCUT2D eigenvalue weighted by Crippen LogP contribution is 2.30. The highest BCUT2D eigenvalue weighted by molar-refractivity contribution is 6.09. The van der Waals surface area contributed by atoms with Crippen LogP contribution in [0.5, 0.6) is 5.75 Å². The lowest BCUT2D eigenvalue weighted by Crippen LogP contribution is -2.12. The number of benzene rings is 1. The summed E-state index contributed by atoms with van der Waals surface area (Å²) in [6, 6.07) is 9.53. The molecule has 0 aliphatic heterocycles. The Morgan fingerprint density at radius 1 is 1.07 bits per heavy atom. The van der Waals surface area contributed by atoms with Gasteiger partial charge in [0, 0.05) is 36.3 Å². The van der Waals surface area contributed by atoms with Crippen molar-refractivity contribution in [2.24, 2.45) is 7.05 Å². The zero-order chi connectivity index (χ0) is 19.0. The number of carbonyl (C=O) groups excluding carboxylic acids is 1. The molecule has 0 bridgehead atoms. The highest BCUT2D eigenvalue weighted by Gasteiger charge is 2.18. The number of aryl methyl sites for hydroxylation is 2. The molecule has 136 valence electrons. The maximum atomic E-state index is 12.8. The molecule has 4 aromatic rings. The lowest BCUT2D eigenvalue weighted by molar-refractivity contribution is 0.102. The van der Waals surface area contributed by atoms with E-state index in [0.717, 1.165) is 22.4 Å². The Kier molecular flexibility index (Phi) is 4.12. The van der Waals surface area contributed by atoms with Crippen molar-refractivity contribution in [3.63, 3.8) is 0 Å². The van der Waals surface area contributed by atoms with Gasteiger partial charge >= 0.3 is 0 Å². The summed E-state index contributed by atoms with van der Waals surface area (Å²) in [6.07, 6.45) is 7.09. The summed E-state index contributed by atoms with van der Waals surface area (Å²) >= 11 is 0. The number of amides is 1. The van der Waals surface area contributed by atoms with Crippen LogP contribution in [0.3, 0.4) is 0 Å². The van der Waals surface area contributed by atoms with Gasteiger partial charge < -0.3 is 10.1 Å². The quantitative estimate of drug-likeness (QED) is 0.605. The monoisotopic (exact) mass is 361 g/mol. The van der Waals surface area contributed by atoms with Crippen LogP contribution in [0.4, 0.5) is 5.69 Å². The topological polar surface area (TPSA) is 73.5 Å². The van der Waals surface area contributed by atoms with Gasteiger partial charge in [-0.2, -0.15) is 10.2 Å². The zero-order valence-electron chi connectivity index (χ0n) is 15.3. The van der Waals surface area contributed by atoms with Crippen molar-refractivity contribution < 1.29 is 9.53 Å². The fourth-order valence-corrected chi connectivity index (χ4v) is 2.97. The predicted molar refractivity (Wildman–Crippen MR) is 103 cm³/mol. The number of methoxy groups -OCH3 is 1. The molecule has 0 spiro atoms. The van der Waals surface area contributed by atoms with Gasteiger partial charge in [0.05, 0.1) is 25.1 Å². The molecule has 7 nitrogen and oxygen atoms in total. The van der Waals surface area contributed by atoms with Crippen LogP contribution in [-0.4, -0.2) is 32.4 Å². The number of pyridine rings is 1. The van der Waals surface area contributed by atoms with Crippen molar-refractivity contribution in [2.75, 3.05) is 12.4 Å². The summed E-state index contributed by atoms with van der Waals surface area (Å²) < 4.78 is 8.93. The van der Waals surface area contributed by atoms with Crippen LogP contribution in [0, 0.1) is 6.92 Å². The van der Waals surface area contributed by atoms with Gasteiger partial charge in [-0.1, -0.05) is 17.7 Å². The summed E-state index contributed by atoms with van der Waals surface area (Å²) in [5, 5.41) is 11.4. The Bertz CT molecular complexity index is 1130. The third kappa shape index (κ3) is 3.15. The molecule has 0 unspecified atom stereocenters. The Morgan fingerprint density at radius 3 is 2.52 bits per heavy atom. The average Bonchev–Trinajstić information content (AvgIpc) is 3.29. The lowest BCUT2D eigenvalue weighted by atomic mass is 10.1. The number of rotatable bonds is 4. The highest BCUT2D eigenvalue weighted by atomic mass is 16.5. The smallest absolute Gasteiger partial charge is 0.259 e. The Labute approximate surface area is 156 Å². The molecule has 0 saturated carbocycles. The van der Waals surface area contributed by atoms with E-state index in [1.54, 1.807) is 28.7 Å². The molecule has 3 aromatic heterocycles. The van der Waals surface area contributed by atoms with Crippen LogP contribution in [0.2, 0.25) is 0 Å². The summed E-state index contributed by atoms with van der Waals surface area (Å²) in [5.74, 6) is 0.337. The maximum absolute atomic E-state index is 12.8. The van der Waals surface area contributed by atoms with Gasteiger partial charge in [-0.05, 0) is 25.1 Å². The maximum Gasteiger partial charge on any atom is 0.259 e. The minimum Gasteiger partial charge on any atom is -0.494 e. The van der Waals surface area contributed by atoms with Crippen molar-refractivity contribution in [3.05, 3.63) is 66.2 Å². The largest absolute Gasteiger partial charge is 0.494 e. The van der Waals surface area contributed by atoms with Crippen LogP contribution < -0.4 is 10.1 Å². The van der Waals surface area contributed by atoms with Crippen molar-refractivity contribution >= 4 is 17.1 Å². The molecule has 0 aliphatic carbocycles. The van der Waals surface area contributed by atoms with E-state index in [1.807, 2.05) is 56.7 Å². The second-order valence-corrected chi connectivity index (χ2v) is 6.37. The molecular formula is C20H19N5O2. The van der Waals surface area contributed by atoms with Gasteiger partial charge in [0.15, 0.2) is 0 Å². The second-order valence-electron chi connectivity index (χ2n) is 6.37.